The quantitative estimate of drug-likeness (QED) is 0.346. The lowest BCUT2D eigenvalue weighted by atomic mass is 10.2. The van der Waals surface area contributed by atoms with E-state index < -0.39 is 14.1 Å². The largest absolute Gasteiger partial charge is 0.540 e. The summed E-state index contributed by atoms with van der Waals surface area (Å²) in [5, 5.41) is 17.8. The Morgan fingerprint density at radius 2 is 1.32 bits per heavy atom. The fraction of sp³-hybridized carbons (Fsp3) is 0.176. The van der Waals surface area contributed by atoms with Crippen LogP contribution < -0.4 is 4.52 Å². The zero-order valence-electron chi connectivity index (χ0n) is 15.5. The van der Waals surface area contributed by atoms with E-state index in [2.05, 4.69) is 10.2 Å². The molecule has 0 radical (unpaired) electrons. The van der Waals surface area contributed by atoms with Gasteiger partial charge in [-0.3, -0.25) is 4.52 Å². The second kappa shape index (κ2) is 11.1. The number of hydrogen-bond acceptors (Lipinski definition) is 7. The van der Waals surface area contributed by atoms with Crippen molar-refractivity contribution in [2.45, 2.75) is 0 Å². The molecule has 0 aliphatic heterocycles. The van der Waals surface area contributed by atoms with Crippen LogP contribution in [0, 0.1) is 0 Å². The molecule has 1 N–H and O–H groups in total. The summed E-state index contributed by atoms with van der Waals surface area (Å²) in [6, 6.07) is 14.1. The lowest BCUT2D eigenvalue weighted by Gasteiger charge is -2.03. The molecule has 28 heavy (non-hydrogen) atoms. The number of rotatable bonds is 9. The number of aromatic hydroxyl groups is 1. The lowest BCUT2D eigenvalue weighted by molar-refractivity contribution is 0.421. The van der Waals surface area contributed by atoms with Crippen molar-refractivity contribution in [2.75, 3.05) is 21.2 Å². The zero-order chi connectivity index (χ0) is 20.5. The first kappa shape index (κ1) is 22.3. The van der Waals surface area contributed by atoms with E-state index in [1.165, 1.54) is 0 Å². The van der Waals surface area contributed by atoms with Crippen molar-refractivity contribution in [3.63, 3.8) is 0 Å². The van der Waals surface area contributed by atoms with Gasteiger partial charge in [-0.25, -0.2) is 0 Å². The fourth-order valence-corrected chi connectivity index (χ4v) is 3.27. The molecule has 2 aromatic carbocycles. The minimum Gasteiger partial charge on any atom is -0.508 e. The third-order valence-electron chi connectivity index (χ3n) is 3.33. The third kappa shape index (κ3) is 7.19. The van der Waals surface area contributed by atoms with Gasteiger partial charge in [-0.1, -0.05) is 9.56 Å². The van der Waals surface area contributed by atoms with Crippen molar-refractivity contribution in [1.29, 1.82) is 0 Å². The average Bonchev–Trinajstić information content (AvgIpc) is 2.71. The van der Waals surface area contributed by atoms with Crippen LogP contribution in [0.3, 0.4) is 0 Å². The predicted molar refractivity (Wildman–Crippen MR) is 121 cm³/mol. The normalized spacial score (nSPS) is 12.2. The molecule has 146 valence electrons. The number of hydrazone groups is 2. The molecule has 0 saturated carbocycles. The highest BCUT2D eigenvalue weighted by Crippen LogP contribution is 2.30. The van der Waals surface area contributed by atoms with E-state index in [1.807, 2.05) is 24.3 Å². The Bertz CT molecular complexity index is 877. The monoisotopic (exact) mass is 454 g/mol. The van der Waals surface area contributed by atoms with Gasteiger partial charge in [0.2, 0.25) is 23.6 Å². The maximum Gasteiger partial charge on any atom is 0.540 e. The van der Waals surface area contributed by atoms with Crippen LogP contribution in [0.5, 0.6) is 11.5 Å². The van der Waals surface area contributed by atoms with Crippen LogP contribution in [0.4, 0.5) is 0 Å². The molecule has 0 aromatic heterocycles. The van der Waals surface area contributed by atoms with E-state index in [-0.39, 0.29) is 5.75 Å². The van der Waals surface area contributed by atoms with E-state index in [0.29, 0.717) is 5.75 Å². The zero-order valence-corrected chi connectivity index (χ0v) is 19.0. The highest BCUT2D eigenvalue weighted by Gasteiger charge is 2.20. The maximum atomic E-state index is 9.29. The van der Waals surface area contributed by atoms with Gasteiger partial charge in [0.1, 0.15) is 5.75 Å². The van der Waals surface area contributed by atoms with E-state index >= 15 is 0 Å². The fourth-order valence-electron chi connectivity index (χ4n) is 1.83. The van der Waals surface area contributed by atoms with E-state index in [4.69, 9.17) is 32.7 Å². The number of phenolic OH excluding ortho intramolecular Hbond substituents is 1. The van der Waals surface area contributed by atoms with Gasteiger partial charge in [-0.15, -0.1) is 10.2 Å². The predicted octanol–water partition coefficient (Wildman–Crippen LogP) is 4.20. The van der Waals surface area contributed by atoms with Gasteiger partial charge in [0.05, 0.1) is 33.6 Å². The molecular weight excluding hydrogens is 434 g/mol. The molecule has 11 heteroatoms. The van der Waals surface area contributed by atoms with Gasteiger partial charge < -0.3 is 5.11 Å². The van der Waals surface area contributed by atoms with Crippen LogP contribution in [0.2, 0.25) is 0 Å². The number of benzene rings is 2. The summed E-state index contributed by atoms with van der Waals surface area (Å²) >= 11 is 10.5. The standard InChI is InChI=1S/C17H19N4O3P2S2/c1-20(25(27)23-3)18-13-15-6-10-17(11-7-15)24-26(28)21(2)19-12-14-4-8-16(22)9-5-14/h4-13H,1-3H3/q+1/p+1/b18-13+. The molecule has 0 saturated heterocycles. The topological polar surface area (TPSA) is 69.9 Å². The number of hydrogen-bond donors (Lipinski definition) is 1. The molecule has 0 aliphatic carbocycles. The van der Waals surface area contributed by atoms with Crippen LogP contribution in [0.1, 0.15) is 11.1 Å². The first-order chi connectivity index (χ1) is 13.4. The van der Waals surface area contributed by atoms with Crippen molar-refractivity contribution >= 4 is 50.2 Å². The molecular formula is C17H20N4O3P2S2+2. The molecule has 0 heterocycles. The van der Waals surface area contributed by atoms with Gasteiger partial charge in [0, 0.05) is 0 Å². The molecule has 0 spiro atoms. The van der Waals surface area contributed by atoms with Crippen molar-refractivity contribution in [1.82, 2.24) is 9.56 Å². The molecule has 2 atom stereocenters. The van der Waals surface area contributed by atoms with Crippen molar-refractivity contribution < 1.29 is 14.2 Å². The number of phenols is 1. The summed E-state index contributed by atoms with van der Waals surface area (Å²) in [7, 11) is 2.61. The van der Waals surface area contributed by atoms with Crippen LogP contribution in [-0.4, -0.2) is 48.3 Å². The Balaban J connectivity index is 1.91. The van der Waals surface area contributed by atoms with Crippen LogP contribution >= 0.6 is 14.1 Å². The van der Waals surface area contributed by atoms with Gasteiger partial charge in [-0.05, 0) is 59.7 Å². The Kier molecular flexibility index (Phi) is 8.83. The number of nitrogens with zero attached hydrogens (tertiary/aromatic N) is 4. The summed E-state index contributed by atoms with van der Waals surface area (Å²) < 4.78 is 14.1. The van der Waals surface area contributed by atoms with Gasteiger partial charge in [-0.2, -0.15) is 4.52 Å². The van der Waals surface area contributed by atoms with Crippen LogP contribution in [0.25, 0.3) is 0 Å². The van der Waals surface area contributed by atoms with E-state index in [9.17, 15) is 5.11 Å². The van der Waals surface area contributed by atoms with Gasteiger partial charge in [0.25, 0.3) is 0 Å². The van der Waals surface area contributed by atoms with Crippen molar-refractivity contribution in [3.05, 3.63) is 59.7 Å². The highest BCUT2D eigenvalue weighted by molar-refractivity contribution is 8.02. The van der Waals surface area contributed by atoms with Crippen LogP contribution in [0.15, 0.2) is 58.7 Å². The molecule has 2 rings (SSSR count). The Morgan fingerprint density at radius 1 is 0.857 bits per heavy atom. The molecule has 2 unspecified atom stereocenters. The SMILES string of the molecule is CO[P+](=S)N(C)/N=C/c1ccc(O[P+](=S)N(C)/N=C/c2ccc(O)cc2)cc1. The summed E-state index contributed by atoms with van der Waals surface area (Å²) in [5.41, 5.74) is 1.76. The van der Waals surface area contributed by atoms with Gasteiger partial charge in [0.15, 0.2) is 5.75 Å². The Morgan fingerprint density at radius 3 is 1.82 bits per heavy atom. The van der Waals surface area contributed by atoms with Crippen molar-refractivity contribution in [2.24, 2.45) is 10.2 Å². The Labute approximate surface area is 176 Å². The minimum atomic E-state index is -1.36. The summed E-state index contributed by atoms with van der Waals surface area (Å²) in [4.78, 5) is 0. The molecule has 7 nitrogen and oxygen atoms in total. The maximum absolute atomic E-state index is 9.29. The summed E-state index contributed by atoms with van der Waals surface area (Å²) in [6.07, 6.45) is 3.36. The van der Waals surface area contributed by atoms with E-state index in [1.54, 1.807) is 67.5 Å². The molecule has 0 amide bonds. The molecule has 0 bridgehead atoms. The van der Waals surface area contributed by atoms with E-state index in [0.717, 1.165) is 11.1 Å². The average molecular weight is 454 g/mol. The Hall–Kier alpha value is -2.02. The lowest BCUT2D eigenvalue weighted by Crippen LogP contribution is -2.03. The second-order valence-corrected chi connectivity index (χ2v) is 9.91. The third-order valence-corrected chi connectivity index (χ3v) is 7.25. The minimum absolute atomic E-state index is 0.211. The smallest absolute Gasteiger partial charge is 0.508 e. The molecule has 0 fully saturated rings. The second-order valence-electron chi connectivity index (χ2n) is 5.38. The molecule has 0 aliphatic rings. The summed E-state index contributed by atoms with van der Waals surface area (Å²) in [6.45, 7) is 0. The van der Waals surface area contributed by atoms with Gasteiger partial charge >= 0.3 is 14.1 Å². The molecule has 2 aromatic rings. The van der Waals surface area contributed by atoms with Crippen LogP contribution in [-0.2, 0) is 28.1 Å². The summed E-state index contributed by atoms with van der Waals surface area (Å²) in [5.74, 6) is 0.865. The first-order valence-electron chi connectivity index (χ1n) is 8.00. The highest BCUT2D eigenvalue weighted by atomic mass is 32.4. The van der Waals surface area contributed by atoms with Crippen molar-refractivity contribution in [3.8, 4) is 11.5 Å². The first-order valence-corrected chi connectivity index (χ1v) is 12.4.